The lowest BCUT2D eigenvalue weighted by molar-refractivity contribution is 0.0751. The molecular formula is C20H20F2N4O2. The lowest BCUT2D eigenvalue weighted by atomic mass is 10.0. The van der Waals surface area contributed by atoms with Crippen molar-refractivity contribution in [2.75, 3.05) is 18.5 Å². The molecular weight excluding hydrogens is 366 g/mol. The van der Waals surface area contributed by atoms with E-state index in [1.54, 1.807) is 24.3 Å². The average molecular weight is 386 g/mol. The van der Waals surface area contributed by atoms with Crippen LogP contribution in [-0.2, 0) is 11.3 Å². The highest BCUT2D eigenvalue weighted by molar-refractivity contribution is 6.02. The van der Waals surface area contributed by atoms with Crippen LogP contribution in [0.5, 0.6) is 0 Å². The van der Waals surface area contributed by atoms with Gasteiger partial charge in [-0.25, -0.2) is 13.8 Å². The number of nitrogens with zero attached hydrogens (tertiary/aromatic N) is 1. The molecule has 1 fully saturated rings. The van der Waals surface area contributed by atoms with Crippen molar-refractivity contribution in [2.24, 2.45) is 5.73 Å². The third-order valence-corrected chi connectivity index (χ3v) is 4.94. The van der Waals surface area contributed by atoms with Crippen LogP contribution in [-0.4, -0.2) is 36.2 Å². The summed E-state index contributed by atoms with van der Waals surface area (Å²) in [5.74, 6) is -1.19. The van der Waals surface area contributed by atoms with E-state index in [9.17, 15) is 13.6 Å². The molecule has 6 nitrogen and oxygen atoms in total. The van der Waals surface area contributed by atoms with Gasteiger partial charge >= 0.3 is 0 Å². The fourth-order valence-electron chi connectivity index (χ4n) is 3.39. The molecule has 2 aliphatic heterocycles. The van der Waals surface area contributed by atoms with E-state index in [4.69, 9.17) is 10.5 Å². The summed E-state index contributed by atoms with van der Waals surface area (Å²) in [6.45, 7) is 1.03. The minimum absolute atomic E-state index is 0.0661. The quantitative estimate of drug-likeness (QED) is 0.750. The van der Waals surface area contributed by atoms with E-state index >= 15 is 0 Å². The Hall–Kier alpha value is -2.84. The van der Waals surface area contributed by atoms with Crippen LogP contribution in [0.3, 0.4) is 0 Å². The molecule has 4 N–H and O–H groups in total. The van der Waals surface area contributed by atoms with Crippen molar-refractivity contribution in [3.8, 4) is 0 Å². The van der Waals surface area contributed by atoms with Crippen molar-refractivity contribution in [3.63, 3.8) is 0 Å². The van der Waals surface area contributed by atoms with Gasteiger partial charge in [0.05, 0.1) is 17.9 Å². The van der Waals surface area contributed by atoms with Crippen molar-refractivity contribution < 1.29 is 18.3 Å². The Bertz CT molecular complexity index is 931. The third kappa shape index (κ3) is 3.61. The molecule has 146 valence electrons. The van der Waals surface area contributed by atoms with Crippen molar-refractivity contribution in [1.29, 1.82) is 0 Å². The number of aromatic nitrogens is 1. The molecule has 2 aromatic rings. The Balaban J connectivity index is 1.69. The lowest BCUT2D eigenvalue weighted by Gasteiger charge is -2.30. The van der Waals surface area contributed by atoms with Gasteiger partial charge in [0.1, 0.15) is 5.82 Å². The van der Waals surface area contributed by atoms with Crippen molar-refractivity contribution in [3.05, 3.63) is 58.3 Å². The summed E-state index contributed by atoms with van der Waals surface area (Å²) in [6, 6.07) is 5.45. The molecule has 4 rings (SSSR count). The molecule has 0 spiro atoms. The predicted molar refractivity (Wildman–Crippen MR) is 102 cm³/mol. The molecule has 0 saturated carbocycles. The Morgan fingerprint density at radius 1 is 1.25 bits per heavy atom. The number of pyridine rings is 1. The zero-order valence-electron chi connectivity index (χ0n) is 15.0. The minimum atomic E-state index is -0.550. The molecule has 0 bridgehead atoms. The van der Waals surface area contributed by atoms with Gasteiger partial charge in [-0.15, -0.1) is 0 Å². The second kappa shape index (κ2) is 7.65. The maximum atomic E-state index is 15.0. The molecule has 2 aliphatic rings. The Morgan fingerprint density at radius 2 is 2.04 bits per heavy atom. The summed E-state index contributed by atoms with van der Waals surface area (Å²) >= 11 is 0. The zero-order valence-corrected chi connectivity index (χ0v) is 15.0. The number of hydrogen-bond acceptors (Lipinski definition) is 5. The molecule has 1 saturated heterocycles. The molecule has 2 atom stereocenters. The summed E-state index contributed by atoms with van der Waals surface area (Å²) in [7, 11) is 0. The number of anilines is 1. The zero-order chi connectivity index (χ0) is 19.7. The molecule has 0 radical (unpaired) electrons. The number of rotatable bonds is 4. The van der Waals surface area contributed by atoms with Gasteiger partial charge in [-0.3, -0.25) is 4.79 Å². The number of amides is 1. The standard InChI is InChI=1S/C20H20F2N4O2/c21-12-4-1-11(2-5-12)3-6-16-17-13(9-24-20(17)27)18(22)19(26-16)25-15-7-8-28-10-14(15)23/h1-6,14-15H,7-10,23H2,(H,24,27)(H,25,26)/t14-,15+/m0/s1. The number of carbonyl (C=O) groups is 1. The van der Waals surface area contributed by atoms with Crippen LogP contribution in [0.15, 0.2) is 24.3 Å². The summed E-state index contributed by atoms with van der Waals surface area (Å²) in [5.41, 5.74) is 7.63. The normalized spacial score (nSPS) is 21.6. The highest BCUT2D eigenvalue weighted by Gasteiger charge is 2.30. The van der Waals surface area contributed by atoms with Gasteiger partial charge in [0.2, 0.25) is 0 Å². The highest BCUT2D eigenvalue weighted by Crippen LogP contribution is 2.29. The van der Waals surface area contributed by atoms with Crippen LogP contribution in [0.4, 0.5) is 14.6 Å². The summed E-state index contributed by atoms with van der Waals surface area (Å²) < 4.78 is 33.4. The van der Waals surface area contributed by atoms with Crippen LogP contribution in [0.25, 0.3) is 12.2 Å². The number of ether oxygens (including phenoxy) is 1. The molecule has 1 aromatic heterocycles. The number of nitrogens with two attached hydrogens (primary N) is 1. The van der Waals surface area contributed by atoms with Crippen LogP contribution in [0.1, 0.15) is 33.6 Å². The van der Waals surface area contributed by atoms with Crippen molar-refractivity contribution >= 4 is 23.9 Å². The molecule has 3 heterocycles. The second-order valence-electron chi connectivity index (χ2n) is 6.86. The minimum Gasteiger partial charge on any atom is -0.380 e. The van der Waals surface area contributed by atoms with Gasteiger partial charge < -0.3 is 21.1 Å². The van der Waals surface area contributed by atoms with E-state index in [2.05, 4.69) is 15.6 Å². The fraction of sp³-hybridized carbons (Fsp3) is 0.300. The SMILES string of the molecule is N[C@H]1COCC[C@H]1Nc1nc(C=Cc2ccc(F)cc2)c2c(c1F)CNC2=O. The summed E-state index contributed by atoms with van der Waals surface area (Å²) in [4.78, 5) is 16.5. The smallest absolute Gasteiger partial charge is 0.254 e. The number of hydrogen-bond donors (Lipinski definition) is 3. The van der Waals surface area contributed by atoms with Gasteiger partial charge in [0.25, 0.3) is 5.91 Å². The predicted octanol–water partition coefficient (Wildman–Crippen LogP) is 2.30. The summed E-state index contributed by atoms with van der Waals surface area (Å²) in [5, 5.41) is 5.71. The Labute approximate surface area is 160 Å². The van der Waals surface area contributed by atoms with Gasteiger partial charge in [0.15, 0.2) is 11.6 Å². The maximum Gasteiger partial charge on any atom is 0.254 e. The fourth-order valence-corrected chi connectivity index (χ4v) is 3.39. The topological polar surface area (TPSA) is 89.3 Å². The van der Waals surface area contributed by atoms with Gasteiger partial charge in [-0.05, 0) is 30.2 Å². The average Bonchev–Trinajstić information content (AvgIpc) is 3.08. The number of fused-ring (bicyclic) bond motifs is 1. The third-order valence-electron chi connectivity index (χ3n) is 4.94. The first-order valence-electron chi connectivity index (χ1n) is 9.07. The van der Waals surface area contributed by atoms with E-state index in [0.717, 1.165) is 5.56 Å². The molecule has 1 amide bonds. The molecule has 1 aromatic carbocycles. The first kappa shape index (κ1) is 18.5. The molecule has 28 heavy (non-hydrogen) atoms. The van der Waals surface area contributed by atoms with E-state index in [1.807, 2.05) is 0 Å². The van der Waals surface area contributed by atoms with Crippen LogP contribution in [0, 0.1) is 11.6 Å². The first-order valence-corrected chi connectivity index (χ1v) is 9.07. The molecule has 0 unspecified atom stereocenters. The molecule has 8 heteroatoms. The van der Waals surface area contributed by atoms with E-state index in [0.29, 0.717) is 25.3 Å². The van der Waals surface area contributed by atoms with E-state index in [-0.39, 0.29) is 47.3 Å². The van der Waals surface area contributed by atoms with Crippen molar-refractivity contribution in [1.82, 2.24) is 10.3 Å². The van der Waals surface area contributed by atoms with Crippen molar-refractivity contribution in [2.45, 2.75) is 25.0 Å². The number of nitrogens with one attached hydrogen (secondary N) is 2. The number of carbonyl (C=O) groups excluding carboxylic acids is 1. The van der Waals surface area contributed by atoms with Gasteiger partial charge in [0, 0.05) is 30.8 Å². The molecule has 0 aliphatic carbocycles. The van der Waals surface area contributed by atoms with E-state index in [1.165, 1.54) is 12.1 Å². The second-order valence-corrected chi connectivity index (χ2v) is 6.86. The first-order chi connectivity index (χ1) is 13.5. The van der Waals surface area contributed by atoms with Gasteiger partial charge in [-0.1, -0.05) is 18.2 Å². The largest absolute Gasteiger partial charge is 0.380 e. The van der Waals surface area contributed by atoms with E-state index < -0.39 is 5.82 Å². The van der Waals surface area contributed by atoms with Crippen LogP contribution in [0.2, 0.25) is 0 Å². The Morgan fingerprint density at radius 3 is 2.79 bits per heavy atom. The van der Waals surface area contributed by atoms with Gasteiger partial charge in [-0.2, -0.15) is 0 Å². The summed E-state index contributed by atoms with van der Waals surface area (Å²) in [6.07, 6.45) is 3.97. The lowest BCUT2D eigenvalue weighted by Crippen LogP contribution is -2.48. The highest BCUT2D eigenvalue weighted by atomic mass is 19.1. The van der Waals surface area contributed by atoms with Crippen LogP contribution < -0.4 is 16.4 Å². The van der Waals surface area contributed by atoms with Crippen LogP contribution >= 0.6 is 0 Å². The monoisotopic (exact) mass is 386 g/mol. The maximum absolute atomic E-state index is 15.0. The number of halogens is 2. The Kier molecular flexibility index (Phi) is 5.06. The number of benzene rings is 1.